The summed E-state index contributed by atoms with van der Waals surface area (Å²) in [5.74, 6) is 0.591. The van der Waals surface area contributed by atoms with E-state index in [1.54, 1.807) is 0 Å². The number of rotatable bonds is 6. The molecule has 2 atom stereocenters. The molecule has 0 bridgehead atoms. The van der Waals surface area contributed by atoms with Gasteiger partial charge in [-0.3, -0.25) is 0 Å². The van der Waals surface area contributed by atoms with Gasteiger partial charge in [-0.1, -0.05) is 50.6 Å². The van der Waals surface area contributed by atoms with Crippen molar-refractivity contribution in [3.05, 3.63) is 35.9 Å². The summed E-state index contributed by atoms with van der Waals surface area (Å²) in [6.07, 6.45) is 1.15. The average molecular weight is 206 g/mol. The molecule has 0 unspecified atom stereocenters. The van der Waals surface area contributed by atoms with Gasteiger partial charge in [0.1, 0.15) is 0 Å². The van der Waals surface area contributed by atoms with E-state index in [1.807, 2.05) is 6.07 Å². The second-order valence-corrected chi connectivity index (χ2v) is 4.17. The van der Waals surface area contributed by atoms with Crippen LogP contribution >= 0.6 is 0 Å². The molecule has 0 aliphatic rings. The van der Waals surface area contributed by atoms with E-state index in [0.29, 0.717) is 5.92 Å². The first-order valence-corrected chi connectivity index (χ1v) is 5.74. The van der Waals surface area contributed by atoms with Gasteiger partial charge in [0, 0.05) is 19.1 Å². The molecule has 3 N–H and O–H groups in total. The Kier molecular flexibility index (Phi) is 5.37. The predicted octanol–water partition coefficient (Wildman–Crippen LogP) is 2.15. The third-order valence-electron chi connectivity index (χ3n) is 2.93. The van der Waals surface area contributed by atoms with E-state index in [0.717, 1.165) is 19.5 Å². The second-order valence-electron chi connectivity index (χ2n) is 4.17. The Morgan fingerprint density at radius 1 is 1.27 bits per heavy atom. The maximum absolute atomic E-state index is 6.03. The minimum atomic E-state index is 0.263. The van der Waals surface area contributed by atoms with Crippen LogP contribution in [0.25, 0.3) is 0 Å². The Labute approximate surface area is 92.9 Å². The Bertz CT molecular complexity index is 258. The summed E-state index contributed by atoms with van der Waals surface area (Å²) < 4.78 is 0. The van der Waals surface area contributed by atoms with Crippen LogP contribution in [0.4, 0.5) is 0 Å². The molecule has 84 valence electrons. The topological polar surface area (TPSA) is 38.0 Å². The average Bonchev–Trinajstić information content (AvgIpc) is 2.29. The first-order chi connectivity index (χ1) is 7.24. The second kappa shape index (κ2) is 6.59. The maximum atomic E-state index is 6.03. The Balaban J connectivity index is 2.22. The summed E-state index contributed by atoms with van der Waals surface area (Å²) in [6.45, 7) is 6.19. The molecule has 2 heteroatoms. The van der Waals surface area contributed by atoms with Crippen LogP contribution in [-0.2, 0) is 6.54 Å². The van der Waals surface area contributed by atoms with Crippen molar-refractivity contribution in [3.8, 4) is 0 Å². The predicted molar refractivity (Wildman–Crippen MR) is 65.6 cm³/mol. The Hall–Kier alpha value is -0.860. The number of hydrogen-bond donors (Lipinski definition) is 2. The zero-order valence-electron chi connectivity index (χ0n) is 9.74. The lowest BCUT2D eigenvalue weighted by Crippen LogP contribution is -2.38. The molecular formula is C13H22N2. The highest BCUT2D eigenvalue weighted by Crippen LogP contribution is 2.04. The van der Waals surface area contributed by atoms with E-state index < -0.39 is 0 Å². The van der Waals surface area contributed by atoms with Crippen LogP contribution in [0.1, 0.15) is 25.8 Å². The number of nitrogens with one attached hydrogen (secondary N) is 1. The maximum Gasteiger partial charge on any atom is 0.0206 e. The largest absolute Gasteiger partial charge is 0.326 e. The van der Waals surface area contributed by atoms with Gasteiger partial charge in [-0.05, 0) is 11.5 Å². The van der Waals surface area contributed by atoms with Gasteiger partial charge in [0.15, 0.2) is 0 Å². The molecule has 15 heavy (non-hydrogen) atoms. The van der Waals surface area contributed by atoms with E-state index in [-0.39, 0.29) is 6.04 Å². The highest BCUT2D eigenvalue weighted by atomic mass is 14.9. The van der Waals surface area contributed by atoms with Gasteiger partial charge in [-0.15, -0.1) is 0 Å². The molecule has 1 aromatic carbocycles. The number of nitrogens with two attached hydrogens (primary N) is 1. The molecule has 0 fully saturated rings. The molecule has 2 nitrogen and oxygen atoms in total. The van der Waals surface area contributed by atoms with Crippen molar-refractivity contribution in [2.75, 3.05) is 6.54 Å². The standard InChI is InChI=1S/C13H22N2/c1-3-11(2)13(14)10-15-9-12-7-5-4-6-8-12/h4-8,11,13,15H,3,9-10,14H2,1-2H3/t11-,13+/m0/s1. The van der Waals surface area contributed by atoms with Crippen molar-refractivity contribution in [1.82, 2.24) is 5.32 Å². The minimum Gasteiger partial charge on any atom is -0.326 e. The Morgan fingerprint density at radius 3 is 2.53 bits per heavy atom. The van der Waals surface area contributed by atoms with Gasteiger partial charge in [0.2, 0.25) is 0 Å². The summed E-state index contributed by atoms with van der Waals surface area (Å²) in [4.78, 5) is 0. The minimum absolute atomic E-state index is 0.263. The van der Waals surface area contributed by atoms with E-state index in [4.69, 9.17) is 5.73 Å². The van der Waals surface area contributed by atoms with Gasteiger partial charge in [0.25, 0.3) is 0 Å². The van der Waals surface area contributed by atoms with E-state index >= 15 is 0 Å². The number of hydrogen-bond acceptors (Lipinski definition) is 2. The fourth-order valence-electron chi connectivity index (χ4n) is 1.48. The lowest BCUT2D eigenvalue weighted by Gasteiger charge is -2.18. The molecule has 0 heterocycles. The molecule has 0 aliphatic heterocycles. The van der Waals surface area contributed by atoms with E-state index in [2.05, 4.69) is 43.4 Å². The third-order valence-corrected chi connectivity index (χ3v) is 2.93. The fraction of sp³-hybridized carbons (Fsp3) is 0.538. The lowest BCUT2D eigenvalue weighted by molar-refractivity contribution is 0.418. The zero-order valence-corrected chi connectivity index (χ0v) is 9.74. The van der Waals surface area contributed by atoms with E-state index in [1.165, 1.54) is 5.56 Å². The summed E-state index contributed by atoms with van der Waals surface area (Å²) in [7, 11) is 0. The molecule has 1 rings (SSSR count). The van der Waals surface area contributed by atoms with Crippen LogP contribution < -0.4 is 11.1 Å². The molecule has 0 radical (unpaired) electrons. The van der Waals surface area contributed by atoms with Gasteiger partial charge in [0.05, 0.1) is 0 Å². The molecule has 0 spiro atoms. The monoisotopic (exact) mass is 206 g/mol. The smallest absolute Gasteiger partial charge is 0.0206 e. The molecule has 1 aromatic rings. The molecule has 0 aromatic heterocycles. The summed E-state index contributed by atoms with van der Waals surface area (Å²) in [5, 5.41) is 3.39. The van der Waals surface area contributed by atoms with Crippen LogP contribution in [0, 0.1) is 5.92 Å². The first kappa shape index (κ1) is 12.2. The molecule has 0 amide bonds. The van der Waals surface area contributed by atoms with Crippen molar-refractivity contribution in [2.45, 2.75) is 32.9 Å². The van der Waals surface area contributed by atoms with Crippen LogP contribution in [0.3, 0.4) is 0 Å². The molecule has 0 aliphatic carbocycles. The van der Waals surface area contributed by atoms with Gasteiger partial charge >= 0.3 is 0 Å². The van der Waals surface area contributed by atoms with Crippen LogP contribution in [-0.4, -0.2) is 12.6 Å². The molecular weight excluding hydrogens is 184 g/mol. The van der Waals surface area contributed by atoms with Gasteiger partial charge < -0.3 is 11.1 Å². The molecule has 0 saturated carbocycles. The van der Waals surface area contributed by atoms with Crippen molar-refractivity contribution in [3.63, 3.8) is 0 Å². The van der Waals surface area contributed by atoms with Crippen molar-refractivity contribution in [1.29, 1.82) is 0 Å². The summed E-state index contributed by atoms with van der Waals surface area (Å²) in [6, 6.07) is 10.7. The van der Waals surface area contributed by atoms with Crippen molar-refractivity contribution < 1.29 is 0 Å². The first-order valence-electron chi connectivity index (χ1n) is 5.74. The highest BCUT2D eigenvalue weighted by molar-refractivity contribution is 5.14. The third kappa shape index (κ3) is 4.45. The highest BCUT2D eigenvalue weighted by Gasteiger charge is 2.09. The SMILES string of the molecule is CC[C@H](C)[C@H](N)CNCc1ccccc1. The quantitative estimate of drug-likeness (QED) is 0.748. The van der Waals surface area contributed by atoms with Crippen LogP contribution in [0.15, 0.2) is 30.3 Å². The fourth-order valence-corrected chi connectivity index (χ4v) is 1.48. The lowest BCUT2D eigenvalue weighted by atomic mass is 10.0. The van der Waals surface area contributed by atoms with E-state index in [9.17, 15) is 0 Å². The Morgan fingerprint density at radius 2 is 1.93 bits per heavy atom. The van der Waals surface area contributed by atoms with Gasteiger partial charge in [-0.2, -0.15) is 0 Å². The van der Waals surface area contributed by atoms with Crippen molar-refractivity contribution in [2.24, 2.45) is 11.7 Å². The summed E-state index contributed by atoms with van der Waals surface area (Å²) in [5.41, 5.74) is 7.34. The van der Waals surface area contributed by atoms with Crippen molar-refractivity contribution >= 4 is 0 Å². The zero-order chi connectivity index (χ0) is 11.1. The van der Waals surface area contributed by atoms with Crippen LogP contribution in [0.2, 0.25) is 0 Å². The number of benzene rings is 1. The summed E-state index contributed by atoms with van der Waals surface area (Å²) >= 11 is 0. The normalized spacial score (nSPS) is 14.9. The molecule has 0 saturated heterocycles. The van der Waals surface area contributed by atoms with Gasteiger partial charge in [-0.25, -0.2) is 0 Å². The van der Waals surface area contributed by atoms with Crippen LogP contribution in [0.5, 0.6) is 0 Å².